The van der Waals surface area contributed by atoms with Crippen LogP contribution in [0.4, 0.5) is 10.6 Å². The Kier molecular flexibility index (Phi) is 10.7. The molecule has 0 aliphatic carbocycles. The molecule has 11 nitrogen and oxygen atoms in total. The minimum absolute atomic E-state index is 0.00111. The molecule has 0 fully saturated rings. The van der Waals surface area contributed by atoms with Crippen LogP contribution in [0.5, 0.6) is 5.75 Å². The van der Waals surface area contributed by atoms with Gasteiger partial charge in [0.25, 0.3) is 0 Å². The Morgan fingerprint density at radius 3 is 2.55 bits per heavy atom. The van der Waals surface area contributed by atoms with Crippen LogP contribution < -0.4 is 26.4 Å². The number of nitrogens with two attached hydrogens (primary N) is 1. The van der Waals surface area contributed by atoms with E-state index in [2.05, 4.69) is 20.9 Å². The van der Waals surface area contributed by atoms with E-state index in [1.165, 1.54) is 6.20 Å². The Labute approximate surface area is 222 Å². The summed E-state index contributed by atoms with van der Waals surface area (Å²) in [4.78, 5) is 42.0. The first kappa shape index (κ1) is 28.7. The molecule has 2 aromatic rings. The van der Waals surface area contributed by atoms with Crippen LogP contribution in [0.1, 0.15) is 37.8 Å². The van der Waals surface area contributed by atoms with Gasteiger partial charge in [0.2, 0.25) is 5.91 Å². The Hall–Kier alpha value is -3.86. The second-order valence-electron chi connectivity index (χ2n) is 9.69. The number of urea groups is 1. The molecule has 2 aliphatic rings. The number of nitrogens with zero attached hydrogens (tertiary/aromatic N) is 1. The average Bonchev–Trinajstić information content (AvgIpc) is 2.87. The molecule has 0 unspecified atom stereocenters. The van der Waals surface area contributed by atoms with E-state index in [0.29, 0.717) is 31.2 Å². The first-order valence-electron chi connectivity index (χ1n) is 12.8. The fraction of sp³-hybridized carbons (Fsp3) is 0.481. The van der Waals surface area contributed by atoms with Crippen LogP contribution in [0.25, 0.3) is 0 Å². The van der Waals surface area contributed by atoms with Crippen molar-refractivity contribution in [3.8, 4) is 5.75 Å². The molecular formula is C27H37N5O6. The number of pyridine rings is 1. The van der Waals surface area contributed by atoms with E-state index >= 15 is 0 Å². The van der Waals surface area contributed by atoms with Gasteiger partial charge >= 0.3 is 12.0 Å². The maximum atomic E-state index is 13.3. The van der Waals surface area contributed by atoms with Crippen molar-refractivity contribution in [1.29, 1.82) is 0 Å². The van der Waals surface area contributed by atoms with Crippen molar-refractivity contribution in [2.45, 2.75) is 57.7 Å². The highest BCUT2D eigenvalue weighted by Gasteiger charge is 2.27. The topological polar surface area (TPSA) is 165 Å². The number of aliphatic carboxylic acids is 1. The minimum Gasteiger partial charge on any atom is -0.494 e. The molecule has 1 aromatic carbocycles. The predicted molar refractivity (Wildman–Crippen MR) is 142 cm³/mol. The molecule has 0 saturated heterocycles. The Bertz CT molecular complexity index is 1060. The molecule has 3 heterocycles. The number of carboxylic acids is 1. The number of benzene rings is 1. The van der Waals surface area contributed by atoms with Crippen molar-refractivity contribution in [2.24, 2.45) is 5.92 Å². The summed E-state index contributed by atoms with van der Waals surface area (Å²) in [7, 11) is 0. The van der Waals surface area contributed by atoms with Crippen LogP contribution in [0.2, 0.25) is 0 Å². The number of hydrogen-bond donors (Lipinski definition) is 5. The maximum absolute atomic E-state index is 13.3. The van der Waals surface area contributed by atoms with Gasteiger partial charge in [-0.1, -0.05) is 32.0 Å². The van der Waals surface area contributed by atoms with E-state index < -0.39 is 24.1 Å². The molecule has 11 heteroatoms. The SMILES string of the molecule is CC(C)[C@H]1COCCCCOc2ccc(cc2)C[C@@H](NC(=O)N[C@@H](Cc2ccc(N)nc2)C(=O)O)C(=O)N1. The standard InChI is InChI=1S/C27H37N5O6/c1-17(2)23-16-37-11-3-4-12-38-20-8-5-18(6-9-20)13-21(25(33)30-23)31-27(36)32-22(26(34)35)14-19-7-10-24(28)29-15-19/h5-10,15,17,21-23H,3-4,11-14,16H2,1-2H3,(H2,28,29)(H,30,33)(H,34,35)(H2,31,32,36)/t21-,22+,23-/m1/s1. The third-order valence-corrected chi connectivity index (χ3v) is 6.26. The zero-order valence-corrected chi connectivity index (χ0v) is 21.8. The van der Waals surface area contributed by atoms with Gasteiger partial charge in [0.1, 0.15) is 23.7 Å². The van der Waals surface area contributed by atoms with Crippen LogP contribution in [0.15, 0.2) is 42.6 Å². The number of hydrogen-bond acceptors (Lipinski definition) is 7. The number of anilines is 1. The minimum atomic E-state index is -1.23. The number of nitrogens with one attached hydrogen (secondary N) is 3. The van der Waals surface area contributed by atoms with Crippen molar-refractivity contribution < 1.29 is 29.0 Å². The molecule has 3 atom stereocenters. The summed E-state index contributed by atoms with van der Waals surface area (Å²) in [6.07, 6.45) is 3.35. The summed E-state index contributed by atoms with van der Waals surface area (Å²) in [6.45, 7) is 5.43. The van der Waals surface area contributed by atoms with Crippen molar-refractivity contribution in [3.63, 3.8) is 0 Å². The summed E-state index contributed by atoms with van der Waals surface area (Å²) in [5, 5.41) is 17.8. The molecule has 2 bridgehead atoms. The van der Waals surface area contributed by atoms with Crippen molar-refractivity contribution in [2.75, 3.05) is 25.6 Å². The second-order valence-corrected chi connectivity index (χ2v) is 9.69. The quantitative estimate of drug-likeness (QED) is 0.380. The molecule has 4 rings (SSSR count). The summed E-state index contributed by atoms with van der Waals surface area (Å²) in [5.41, 5.74) is 6.99. The number of carboxylic acid groups (broad SMARTS) is 1. The third kappa shape index (κ3) is 9.22. The number of rotatable bonds is 6. The monoisotopic (exact) mass is 527 g/mol. The molecule has 0 radical (unpaired) electrons. The Morgan fingerprint density at radius 1 is 1.16 bits per heavy atom. The molecule has 206 valence electrons. The van der Waals surface area contributed by atoms with Crippen LogP contribution in [-0.2, 0) is 27.2 Å². The van der Waals surface area contributed by atoms with E-state index in [-0.39, 0.29) is 30.7 Å². The molecular weight excluding hydrogens is 490 g/mol. The van der Waals surface area contributed by atoms with Gasteiger partial charge in [-0.15, -0.1) is 0 Å². The van der Waals surface area contributed by atoms with Crippen LogP contribution in [-0.4, -0.2) is 65.9 Å². The molecule has 2 aliphatic heterocycles. The van der Waals surface area contributed by atoms with Crippen LogP contribution >= 0.6 is 0 Å². The molecule has 0 spiro atoms. The highest BCUT2D eigenvalue weighted by atomic mass is 16.5. The normalized spacial score (nSPS) is 19.7. The lowest BCUT2D eigenvalue weighted by Crippen LogP contribution is -2.56. The Balaban J connectivity index is 1.75. The number of fused-ring (bicyclic) bond motifs is 13. The summed E-state index contributed by atoms with van der Waals surface area (Å²) in [5.74, 6) is -0.479. The highest BCUT2D eigenvalue weighted by molar-refractivity contribution is 5.89. The maximum Gasteiger partial charge on any atom is 0.326 e. The zero-order chi connectivity index (χ0) is 27.5. The summed E-state index contributed by atoms with van der Waals surface area (Å²) >= 11 is 0. The number of nitrogen functional groups attached to an aromatic ring is 1. The van der Waals surface area contributed by atoms with E-state index in [0.717, 1.165) is 24.2 Å². The first-order chi connectivity index (χ1) is 18.2. The highest BCUT2D eigenvalue weighted by Crippen LogP contribution is 2.15. The lowest BCUT2D eigenvalue weighted by atomic mass is 10.0. The van der Waals surface area contributed by atoms with Crippen molar-refractivity contribution >= 4 is 23.7 Å². The third-order valence-electron chi connectivity index (χ3n) is 6.26. The fourth-order valence-electron chi connectivity index (χ4n) is 3.91. The summed E-state index contributed by atoms with van der Waals surface area (Å²) in [6, 6.07) is 7.33. The molecule has 38 heavy (non-hydrogen) atoms. The van der Waals surface area contributed by atoms with E-state index in [4.69, 9.17) is 15.2 Å². The van der Waals surface area contributed by atoms with Gasteiger partial charge in [-0.2, -0.15) is 0 Å². The first-order valence-corrected chi connectivity index (χ1v) is 12.8. The smallest absolute Gasteiger partial charge is 0.326 e. The number of ether oxygens (including phenoxy) is 2. The van der Waals surface area contributed by atoms with Gasteiger partial charge in [-0.25, -0.2) is 14.6 Å². The van der Waals surface area contributed by atoms with Gasteiger partial charge < -0.3 is 36.3 Å². The van der Waals surface area contributed by atoms with Crippen molar-refractivity contribution in [3.05, 3.63) is 53.7 Å². The van der Waals surface area contributed by atoms with E-state index in [1.54, 1.807) is 12.1 Å². The largest absolute Gasteiger partial charge is 0.494 e. The van der Waals surface area contributed by atoms with Gasteiger partial charge in [-0.3, -0.25) is 4.79 Å². The van der Waals surface area contributed by atoms with Gasteiger partial charge in [0.05, 0.1) is 19.3 Å². The number of carbonyl (C=O) groups excluding carboxylic acids is 2. The number of amides is 3. The molecule has 3 amide bonds. The lowest BCUT2D eigenvalue weighted by molar-refractivity contribution is -0.139. The van der Waals surface area contributed by atoms with Gasteiger partial charge in [-0.05, 0) is 48.1 Å². The summed E-state index contributed by atoms with van der Waals surface area (Å²) < 4.78 is 11.6. The average molecular weight is 528 g/mol. The zero-order valence-electron chi connectivity index (χ0n) is 21.8. The molecule has 6 N–H and O–H groups in total. The van der Waals surface area contributed by atoms with Crippen LogP contribution in [0.3, 0.4) is 0 Å². The number of aromatic nitrogens is 1. The molecule has 1 aromatic heterocycles. The van der Waals surface area contributed by atoms with Gasteiger partial charge in [0.15, 0.2) is 0 Å². The molecule has 0 saturated carbocycles. The fourth-order valence-corrected chi connectivity index (χ4v) is 3.91. The van der Waals surface area contributed by atoms with Crippen LogP contribution in [0, 0.1) is 5.92 Å². The van der Waals surface area contributed by atoms with Crippen molar-refractivity contribution in [1.82, 2.24) is 20.9 Å². The Morgan fingerprint density at radius 2 is 1.89 bits per heavy atom. The van der Waals surface area contributed by atoms with Gasteiger partial charge in [0, 0.05) is 25.6 Å². The van der Waals surface area contributed by atoms with E-state index in [9.17, 15) is 19.5 Å². The lowest BCUT2D eigenvalue weighted by Gasteiger charge is -2.26. The van der Waals surface area contributed by atoms with E-state index in [1.807, 2.05) is 38.1 Å². The predicted octanol–water partition coefficient (Wildman–Crippen LogP) is 1.90. The number of carbonyl (C=O) groups is 3. The second kappa shape index (κ2) is 14.2.